The van der Waals surface area contributed by atoms with Gasteiger partial charge in [0.15, 0.2) is 0 Å². The molecular formula is C13H13BrFNO. The molecule has 0 bridgehead atoms. The maximum atomic E-state index is 13.2. The van der Waals surface area contributed by atoms with Gasteiger partial charge in [-0.2, -0.15) is 0 Å². The van der Waals surface area contributed by atoms with Crippen LogP contribution in [0.2, 0.25) is 0 Å². The fourth-order valence-electron chi connectivity index (χ4n) is 1.55. The Bertz CT molecular complexity index is 470. The Hall–Kier alpha value is -1.13. The molecule has 0 saturated carbocycles. The lowest BCUT2D eigenvalue weighted by Crippen LogP contribution is -2.16. The minimum Gasteiger partial charge on any atom is -0.469 e. The largest absolute Gasteiger partial charge is 0.469 e. The molecule has 0 saturated heterocycles. The molecule has 1 aromatic carbocycles. The van der Waals surface area contributed by atoms with Crippen LogP contribution in [0, 0.1) is 5.82 Å². The zero-order valence-electron chi connectivity index (χ0n) is 9.25. The lowest BCUT2D eigenvalue weighted by Gasteiger charge is -2.04. The Balaban J connectivity index is 1.76. The molecule has 90 valence electrons. The van der Waals surface area contributed by atoms with Crippen LogP contribution >= 0.6 is 15.9 Å². The average molecular weight is 298 g/mol. The van der Waals surface area contributed by atoms with E-state index >= 15 is 0 Å². The van der Waals surface area contributed by atoms with E-state index in [2.05, 4.69) is 21.2 Å². The van der Waals surface area contributed by atoms with Crippen LogP contribution in [-0.4, -0.2) is 6.54 Å². The smallest absolute Gasteiger partial charge is 0.137 e. The first kappa shape index (κ1) is 12.3. The lowest BCUT2D eigenvalue weighted by atomic mass is 10.2. The van der Waals surface area contributed by atoms with Crippen LogP contribution in [0.3, 0.4) is 0 Å². The molecule has 4 heteroatoms. The molecule has 1 heterocycles. The summed E-state index contributed by atoms with van der Waals surface area (Å²) < 4.78 is 18.9. The molecule has 0 amide bonds. The fraction of sp³-hybridized carbons (Fsp3) is 0.231. The fourth-order valence-corrected chi connectivity index (χ4v) is 1.80. The van der Waals surface area contributed by atoms with Crippen molar-refractivity contribution in [1.82, 2.24) is 5.32 Å². The van der Waals surface area contributed by atoms with Crippen molar-refractivity contribution in [3.8, 4) is 0 Å². The van der Waals surface area contributed by atoms with Crippen molar-refractivity contribution in [2.24, 2.45) is 0 Å². The highest BCUT2D eigenvalue weighted by atomic mass is 79.9. The minimum absolute atomic E-state index is 0.227. The van der Waals surface area contributed by atoms with Crippen molar-refractivity contribution in [2.75, 3.05) is 6.54 Å². The number of halogens is 2. The topological polar surface area (TPSA) is 25.2 Å². The molecule has 0 unspecified atom stereocenters. The summed E-state index contributed by atoms with van der Waals surface area (Å²) in [5, 5.41) is 3.24. The van der Waals surface area contributed by atoms with E-state index in [1.54, 1.807) is 12.3 Å². The van der Waals surface area contributed by atoms with E-state index in [1.165, 1.54) is 6.07 Å². The Morgan fingerprint density at radius 1 is 1.29 bits per heavy atom. The van der Waals surface area contributed by atoms with E-state index < -0.39 is 0 Å². The zero-order valence-corrected chi connectivity index (χ0v) is 10.8. The number of hydrogen-bond acceptors (Lipinski definition) is 2. The van der Waals surface area contributed by atoms with Crippen molar-refractivity contribution < 1.29 is 8.81 Å². The average Bonchev–Trinajstić information content (AvgIpc) is 2.82. The van der Waals surface area contributed by atoms with Gasteiger partial charge in [0.2, 0.25) is 0 Å². The van der Waals surface area contributed by atoms with Gasteiger partial charge in [-0.25, -0.2) is 4.39 Å². The van der Waals surface area contributed by atoms with Crippen molar-refractivity contribution in [3.05, 3.63) is 58.2 Å². The first-order valence-electron chi connectivity index (χ1n) is 5.43. The van der Waals surface area contributed by atoms with Crippen LogP contribution in [0.15, 0.2) is 45.5 Å². The highest BCUT2D eigenvalue weighted by molar-refractivity contribution is 9.10. The van der Waals surface area contributed by atoms with Crippen molar-refractivity contribution in [1.29, 1.82) is 0 Å². The molecule has 0 spiro atoms. The summed E-state index contributed by atoms with van der Waals surface area (Å²) in [4.78, 5) is 0. The van der Waals surface area contributed by atoms with E-state index in [9.17, 15) is 4.39 Å². The van der Waals surface area contributed by atoms with Gasteiger partial charge in [-0.05, 0) is 45.8 Å². The van der Waals surface area contributed by atoms with Gasteiger partial charge in [0, 0.05) is 19.5 Å². The minimum atomic E-state index is -0.227. The third kappa shape index (κ3) is 3.68. The molecule has 0 fully saturated rings. The summed E-state index contributed by atoms with van der Waals surface area (Å²) in [6.07, 6.45) is 2.51. The van der Waals surface area contributed by atoms with Crippen LogP contribution in [0.4, 0.5) is 4.39 Å². The molecular weight excluding hydrogens is 285 g/mol. The molecule has 0 aliphatic rings. The maximum Gasteiger partial charge on any atom is 0.137 e. The van der Waals surface area contributed by atoms with E-state index in [-0.39, 0.29) is 5.82 Å². The summed E-state index contributed by atoms with van der Waals surface area (Å²) >= 11 is 3.13. The molecule has 0 radical (unpaired) electrons. The molecule has 2 aromatic rings. The third-order valence-electron chi connectivity index (χ3n) is 2.44. The summed E-state index contributed by atoms with van der Waals surface area (Å²) in [6, 6.07) is 8.97. The van der Waals surface area contributed by atoms with Crippen LogP contribution in [0.25, 0.3) is 0 Å². The first-order chi connectivity index (χ1) is 8.25. The highest BCUT2D eigenvalue weighted by Crippen LogP contribution is 2.16. The van der Waals surface area contributed by atoms with Gasteiger partial charge in [-0.15, -0.1) is 0 Å². The van der Waals surface area contributed by atoms with E-state index in [0.717, 1.165) is 24.3 Å². The van der Waals surface area contributed by atoms with Gasteiger partial charge < -0.3 is 9.73 Å². The highest BCUT2D eigenvalue weighted by Gasteiger charge is 2.00. The Kier molecular flexibility index (Phi) is 4.34. The Labute approximate surface area is 108 Å². The number of nitrogens with one attached hydrogen (secondary N) is 1. The monoisotopic (exact) mass is 297 g/mol. The molecule has 2 nitrogen and oxygen atoms in total. The van der Waals surface area contributed by atoms with Gasteiger partial charge in [0.05, 0.1) is 10.7 Å². The number of furan rings is 1. The SMILES string of the molecule is Fc1cc(CNCCc2ccco2)ccc1Br. The number of rotatable bonds is 5. The second-order valence-corrected chi connectivity index (χ2v) is 4.61. The molecule has 17 heavy (non-hydrogen) atoms. The van der Waals surface area contributed by atoms with Crippen LogP contribution in [-0.2, 0) is 13.0 Å². The Morgan fingerprint density at radius 2 is 2.18 bits per heavy atom. The van der Waals surface area contributed by atoms with Crippen molar-refractivity contribution in [3.63, 3.8) is 0 Å². The summed E-state index contributed by atoms with van der Waals surface area (Å²) in [5.41, 5.74) is 0.935. The maximum absolute atomic E-state index is 13.2. The summed E-state index contributed by atoms with van der Waals surface area (Å²) in [6.45, 7) is 1.47. The van der Waals surface area contributed by atoms with Gasteiger partial charge in [-0.1, -0.05) is 6.07 Å². The zero-order chi connectivity index (χ0) is 12.1. The van der Waals surface area contributed by atoms with Crippen LogP contribution in [0.1, 0.15) is 11.3 Å². The van der Waals surface area contributed by atoms with Gasteiger partial charge >= 0.3 is 0 Å². The molecule has 1 aromatic heterocycles. The second kappa shape index (κ2) is 5.98. The molecule has 1 N–H and O–H groups in total. The Morgan fingerprint density at radius 3 is 2.88 bits per heavy atom. The quantitative estimate of drug-likeness (QED) is 0.855. The summed E-state index contributed by atoms with van der Waals surface area (Å²) in [5.74, 6) is 0.731. The van der Waals surface area contributed by atoms with Crippen LogP contribution in [0.5, 0.6) is 0 Å². The first-order valence-corrected chi connectivity index (χ1v) is 6.22. The predicted molar refractivity (Wildman–Crippen MR) is 68.2 cm³/mol. The summed E-state index contributed by atoms with van der Waals surface area (Å²) in [7, 11) is 0. The normalized spacial score (nSPS) is 10.7. The van der Waals surface area contributed by atoms with Gasteiger partial charge in [0.25, 0.3) is 0 Å². The molecule has 2 rings (SSSR count). The van der Waals surface area contributed by atoms with Crippen molar-refractivity contribution >= 4 is 15.9 Å². The van der Waals surface area contributed by atoms with E-state index in [1.807, 2.05) is 18.2 Å². The van der Waals surface area contributed by atoms with Gasteiger partial charge in [-0.3, -0.25) is 0 Å². The van der Waals surface area contributed by atoms with Crippen molar-refractivity contribution in [2.45, 2.75) is 13.0 Å². The van der Waals surface area contributed by atoms with E-state index in [4.69, 9.17) is 4.42 Å². The standard InChI is InChI=1S/C13H13BrFNO/c14-12-4-3-10(8-13(12)15)9-16-6-5-11-2-1-7-17-11/h1-4,7-8,16H,5-6,9H2. The lowest BCUT2D eigenvalue weighted by molar-refractivity contribution is 0.498. The third-order valence-corrected chi connectivity index (χ3v) is 3.08. The van der Waals surface area contributed by atoms with Crippen LogP contribution < -0.4 is 5.32 Å². The number of benzene rings is 1. The second-order valence-electron chi connectivity index (χ2n) is 3.75. The molecule has 0 aliphatic heterocycles. The number of hydrogen-bond donors (Lipinski definition) is 1. The molecule has 0 atom stereocenters. The molecule has 0 aliphatic carbocycles. The van der Waals surface area contributed by atoms with E-state index in [0.29, 0.717) is 11.0 Å². The predicted octanol–water partition coefficient (Wildman–Crippen LogP) is 3.51. The van der Waals surface area contributed by atoms with Gasteiger partial charge in [0.1, 0.15) is 11.6 Å².